The summed E-state index contributed by atoms with van der Waals surface area (Å²) < 4.78 is 26.8. The first-order valence-corrected chi connectivity index (χ1v) is 9.08. The Balaban J connectivity index is 3.08. The summed E-state index contributed by atoms with van der Waals surface area (Å²) in [4.78, 5) is 1.42. The normalized spacial score (nSPS) is 12.3. The molecule has 0 aromatic carbocycles. The van der Waals surface area contributed by atoms with Crippen LogP contribution in [-0.2, 0) is 16.6 Å². The molecule has 0 saturated carbocycles. The molecule has 0 saturated heterocycles. The molecule has 0 spiro atoms. The number of nitrogens with one attached hydrogen (secondary N) is 1. The van der Waals surface area contributed by atoms with Gasteiger partial charge >= 0.3 is 0 Å². The van der Waals surface area contributed by atoms with Crippen LogP contribution in [0.15, 0.2) is 10.3 Å². The first-order valence-electron chi connectivity index (χ1n) is 6.76. The minimum absolute atomic E-state index is 0.504. The van der Waals surface area contributed by atoms with Gasteiger partial charge in [-0.15, -0.1) is 11.3 Å². The Hall–Kier alpha value is -0.430. The lowest BCUT2D eigenvalue weighted by molar-refractivity contribution is 0.444. The van der Waals surface area contributed by atoms with E-state index < -0.39 is 10.0 Å². The maximum absolute atomic E-state index is 12.6. The lowest BCUT2D eigenvalue weighted by Crippen LogP contribution is -2.31. The molecule has 1 N–H and O–H groups in total. The molecule has 1 aromatic rings. The van der Waals surface area contributed by atoms with Crippen molar-refractivity contribution in [2.24, 2.45) is 0 Å². The summed E-state index contributed by atoms with van der Waals surface area (Å²) in [6.45, 7) is 10.3. The van der Waals surface area contributed by atoms with Crippen molar-refractivity contribution in [2.45, 2.75) is 45.6 Å². The Kier molecular flexibility index (Phi) is 6.46. The summed E-state index contributed by atoms with van der Waals surface area (Å²) in [5, 5.41) is 5.21. The summed E-state index contributed by atoms with van der Waals surface area (Å²) in [6, 6.07) is 0. The van der Waals surface area contributed by atoms with E-state index >= 15 is 0 Å². The zero-order valence-electron chi connectivity index (χ0n) is 12.2. The van der Waals surface area contributed by atoms with E-state index in [1.807, 2.05) is 26.2 Å². The second kappa shape index (κ2) is 7.38. The van der Waals surface area contributed by atoms with Crippen molar-refractivity contribution in [3.05, 3.63) is 15.8 Å². The summed E-state index contributed by atoms with van der Waals surface area (Å²) in [7, 11) is -3.35. The molecule has 0 radical (unpaired) electrons. The highest BCUT2D eigenvalue weighted by Gasteiger charge is 2.27. The van der Waals surface area contributed by atoms with E-state index in [4.69, 9.17) is 0 Å². The van der Waals surface area contributed by atoms with Gasteiger partial charge in [0, 0.05) is 24.5 Å². The Bertz CT molecular complexity index is 491. The molecule has 6 heteroatoms. The first-order chi connectivity index (χ1) is 8.98. The topological polar surface area (TPSA) is 49.4 Å². The van der Waals surface area contributed by atoms with Crippen LogP contribution in [0.25, 0.3) is 0 Å². The summed E-state index contributed by atoms with van der Waals surface area (Å²) in [5.74, 6) is 0. The number of hydrogen-bond donors (Lipinski definition) is 1. The van der Waals surface area contributed by atoms with Crippen molar-refractivity contribution in [3.63, 3.8) is 0 Å². The van der Waals surface area contributed by atoms with Gasteiger partial charge in [0.25, 0.3) is 0 Å². The van der Waals surface area contributed by atoms with Crippen LogP contribution in [0.2, 0.25) is 0 Å². The molecule has 4 nitrogen and oxygen atoms in total. The smallest absolute Gasteiger partial charge is 0.244 e. The van der Waals surface area contributed by atoms with Gasteiger partial charge in [-0.05, 0) is 30.8 Å². The lowest BCUT2D eigenvalue weighted by atomic mass is 10.3. The van der Waals surface area contributed by atoms with Gasteiger partial charge in [-0.25, -0.2) is 8.42 Å². The summed E-state index contributed by atoms with van der Waals surface area (Å²) >= 11 is 1.52. The van der Waals surface area contributed by atoms with Gasteiger partial charge in [0.1, 0.15) is 4.90 Å². The molecule has 1 heterocycles. The average molecular weight is 304 g/mol. The van der Waals surface area contributed by atoms with Crippen LogP contribution in [-0.4, -0.2) is 32.4 Å². The highest BCUT2D eigenvalue weighted by molar-refractivity contribution is 7.89. The Morgan fingerprint density at radius 3 is 2.42 bits per heavy atom. The van der Waals surface area contributed by atoms with Crippen LogP contribution in [0.4, 0.5) is 0 Å². The number of rotatable bonds is 8. The van der Waals surface area contributed by atoms with Crippen molar-refractivity contribution >= 4 is 21.4 Å². The number of thiophene rings is 1. The molecular weight excluding hydrogens is 280 g/mol. The van der Waals surface area contributed by atoms with Crippen molar-refractivity contribution in [1.29, 1.82) is 0 Å². The highest BCUT2D eigenvalue weighted by Crippen LogP contribution is 2.29. The largest absolute Gasteiger partial charge is 0.312 e. The molecule has 0 aliphatic rings. The zero-order chi connectivity index (χ0) is 14.5. The van der Waals surface area contributed by atoms with E-state index in [2.05, 4.69) is 12.2 Å². The third-order valence-electron chi connectivity index (χ3n) is 3.00. The van der Waals surface area contributed by atoms with E-state index in [-0.39, 0.29) is 0 Å². The molecule has 19 heavy (non-hydrogen) atoms. The lowest BCUT2D eigenvalue weighted by Gasteiger charge is -2.19. The second-order valence-electron chi connectivity index (χ2n) is 4.44. The van der Waals surface area contributed by atoms with Crippen LogP contribution in [0.1, 0.15) is 37.6 Å². The Labute approximate surface area is 120 Å². The molecule has 0 aliphatic carbocycles. The third kappa shape index (κ3) is 3.78. The first kappa shape index (κ1) is 16.6. The molecule has 0 aliphatic heterocycles. The number of sulfonamides is 1. The fourth-order valence-electron chi connectivity index (χ4n) is 2.03. The van der Waals surface area contributed by atoms with Crippen LogP contribution in [0.5, 0.6) is 0 Å². The number of nitrogens with zero attached hydrogens (tertiary/aromatic N) is 1. The number of aryl methyl sites for hydroxylation is 1. The van der Waals surface area contributed by atoms with Gasteiger partial charge in [0.15, 0.2) is 0 Å². The number of hydrogen-bond acceptors (Lipinski definition) is 4. The third-order valence-corrected chi connectivity index (χ3v) is 6.52. The summed E-state index contributed by atoms with van der Waals surface area (Å²) in [6.07, 6.45) is 1.04. The van der Waals surface area contributed by atoms with E-state index in [9.17, 15) is 8.42 Å². The molecule has 0 fully saturated rings. The van der Waals surface area contributed by atoms with Gasteiger partial charge in [0.2, 0.25) is 10.0 Å². The van der Waals surface area contributed by atoms with E-state index in [0.717, 1.165) is 23.4 Å². The summed E-state index contributed by atoms with van der Waals surface area (Å²) in [5.41, 5.74) is 0.852. The monoisotopic (exact) mass is 304 g/mol. The Morgan fingerprint density at radius 2 is 1.89 bits per heavy atom. The second-order valence-corrected chi connectivity index (χ2v) is 7.28. The van der Waals surface area contributed by atoms with Gasteiger partial charge in [-0.1, -0.05) is 20.8 Å². The van der Waals surface area contributed by atoms with E-state index in [1.165, 1.54) is 15.6 Å². The van der Waals surface area contributed by atoms with Gasteiger partial charge < -0.3 is 5.32 Å². The van der Waals surface area contributed by atoms with Crippen LogP contribution in [0.3, 0.4) is 0 Å². The van der Waals surface area contributed by atoms with Crippen LogP contribution in [0, 0.1) is 6.92 Å². The molecule has 1 rings (SSSR count). The molecular formula is C13H24N2O2S2. The SMILES string of the molecule is CCCNCc1scc(C)c1S(=O)(=O)N(CC)CC. The molecule has 0 amide bonds. The van der Waals surface area contributed by atoms with Gasteiger partial charge in [0.05, 0.1) is 0 Å². The average Bonchev–Trinajstić information content (AvgIpc) is 2.73. The predicted octanol–water partition coefficient (Wildman–Crippen LogP) is 2.59. The maximum atomic E-state index is 12.6. The minimum Gasteiger partial charge on any atom is -0.312 e. The van der Waals surface area contributed by atoms with E-state index in [0.29, 0.717) is 24.5 Å². The molecule has 110 valence electrons. The minimum atomic E-state index is -3.35. The molecule has 1 aromatic heterocycles. The van der Waals surface area contributed by atoms with Crippen molar-refractivity contribution in [1.82, 2.24) is 9.62 Å². The van der Waals surface area contributed by atoms with Crippen LogP contribution >= 0.6 is 11.3 Å². The van der Waals surface area contributed by atoms with Crippen molar-refractivity contribution in [3.8, 4) is 0 Å². The zero-order valence-corrected chi connectivity index (χ0v) is 13.8. The molecule has 0 unspecified atom stereocenters. The fourth-order valence-corrected chi connectivity index (χ4v) is 5.22. The standard InChI is InChI=1S/C13H24N2O2S2/c1-5-8-14-9-12-13(11(4)10-18-12)19(16,17)15(6-2)7-3/h10,14H,5-9H2,1-4H3. The van der Waals surface area contributed by atoms with Crippen LogP contribution < -0.4 is 5.32 Å². The van der Waals surface area contributed by atoms with Gasteiger partial charge in [-0.2, -0.15) is 4.31 Å². The van der Waals surface area contributed by atoms with Gasteiger partial charge in [-0.3, -0.25) is 0 Å². The quantitative estimate of drug-likeness (QED) is 0.751. The van der Waals surface area contributed by atoms with Crippen molar-refractivity contribution < 1.29 is 8.42 Å². The van der Waals surface area contributed by atoms with E-state index in [1.54, 1.807) is 0 Å². The fraction of sp³-hybridized carbons (Fsp3) is 0.692. The molecule has 0 atom stereocenters. The molecule has 0 bridgehead atoms. The van der Waals surface area contributed by atoms with Crippen molar-refractivity contribution in [2.75, 3.05) is 19.6 Å². The highest BCUT2D eigenvalue weighted by atomic mass is 32.2. The maximum Gasteiger partial charge on any atom is 0.244 e. The predicted molar refractivity (Wildman–Crippen MR) is 81.2 cm³/mol. The Morgan fingerprint density at radius 1 is 1.26 bits per heavy atom.